The zero-order chi connectivity index (χ0) is 12.3. The van der Waals surface area contributed by atoms with E-state index in [0.717, 1.165) is 19.3 Å². The highest BCUT2D eigenvalue weighted by molar-refractivity contribution is 14.1. The topological polar surface area (TPSA) is 78.0 Å². The molecule has 3 N–H and O–H groups in total. The summed E-state index contributed by atoms with van der Waals surface area (Å²) in [6.07, 6.45) is 5.80. The van der Waals surface area contributed by atoms with Gasteiger partial charge in [-0.2, -0.15) is 0 Å². The summed E-state index contributed by atoms with van der Waals surface area (Å²) in [6.45, 7) is 0.192. The first-order valence-electron chi connectivity index (χ1n) is 5.83. The number of aliphatic hydroxyl groups is 1. The van der Waals surface area contributed by atoms with Gasteiger partial charge in [0.2, 0.25) is 0 Å². The van der Waals surface area contributed by atoms with Crippen LogP contribution in [0.15, 0.2) is 11.1 Å². The van der Waals surface area contributed by atoms with Crippen molar-refractivity contribution in [2.75, 3.05) is 11.9 Å². The van der Waals surface area contributed by atoms with Crippen LogP contribution in [-0.2, 0) is 0 Å². The number of nitrogens with one attached hydrogen (secondary N) is 2. The summed E-state index contributed by atoms with van der Waals surface area (Å²) < 4.78 is 0.576. The molecule has 17 heavy (non-hydrogen) atoms. The Hall–Kier alpha value is -0.630. The molecule has 0 aliphatic heterocycles. The molecule has 0 radical (unpaired) electrons. The Morgan fingerprint density at radius 3 is 3.06 bits per heavy atom. The highest BCUT2D eigenvalue weighted by atomic mass is 127. The normalized spacial score (nSPS) is 24.6. The predicted molar refractivity (Wildman–Crippen MR) is 74.0 cm³/mol. The number of aromatic amines is 1. The summed E-state index contributed by atoms with van der Waals surface area (Å²) in [5.41, 5.74) is -0.126. The monoisotopic (exact) mass is 349 g/mol. The average molecular weight is 349 g/mol. The SMILES string of the molecule is O=c1[nH]cnc(NC2CCCCC2CO)c1I. The maximum absolute atomic E-state index is 11.4. The third-order valence-electron chi connectivity index (χ3n) is 3.26. The first-order chi connectivity index (χ1) is 8.22. The zero-order valence-corrected chi connectivity index (χ0v) is 11.6. The van der Waals surface area contributed by atoms with E-state index in [1.165, 1.54) is 12.7 Å². The molecular formula is C11H16IN3O2. The van der Waals surface area contributed by atoms with E-state index in [-0.39, 0.29) is 24.1 Å². The second-order valence-electron chi connectivity index (χ2n) is 4.37. The van der Waals surface area contributed by atoms with Crippen molar-refractivity contribution in [1.82, 2.24) is 9.97 Å². The number of rotatable bonds is 3. The molecule has 0 spiro atoms. The van der Waals surface area contributed by atoms with Gasteiger partial charge in [0, 0.05) is 18.6 Å². The lowest BCUT2D eigenvalue weighted by Crippen LogP contribution is -2.35. The fourth-order valence-electron chi connectivity index (χ4n) is 2.28. The van der Waals surface area contributed by atoms with Crippen LogP contribution in [0.2, 0.25) is 0 Å². The van der Waals surface area contributed by atoms with Crippen LogP contribution in [0.4, 0.5) is 5.82 Å². The van der Waals surface area contributed by atoms with E-state index < -0.39 is 0 Å². The molecule has 2 rings (SSSR count). The smallest absolute Gasteiger partial charge is 0.266 e. The average Bonchev–Trinajstić information content (AvgIpc) is 2.35. The lowest BCUT2D eigenvalue weighted by atomic mass is 9.85. The molecule has 0 saturated heterocycles. The molecule has 1 aromatic heterocycles. The van der Waals surface area contributed by atoms with Crippen LogP contribution >= 0.6 is 22.6 Å². The van der Waals surface area contributed by atoms with Crippen molar-refractivity contribution in [3.63, 3.8) is 0 Å². The van der Waals surface area contributed by atoms with Crippen molar-refractivity contribution in [3.05, 3.63) is 20.3 Å². The molecule has 94 valence electrons. The van der Waals surface area contributed by atoms with Crippen LogP contribution in [0.25, 0.3) is 0 Å². The summed E-state index contributed by atoms with van der Waals surface area (Å²) in [6, 6.07) is 0.219. The summed E-state index contributed by atoms with van der Waals surface area (Å²) in [7, 11) is 0. The summed E-state index contributed by atoms with van der Waals surface area (Å²) in [5, 5.41) is 12.6. The van der Waals surface area contributed by atoms with Crippen LogP contribution in [0.3, 0.4) is 0 Å². The van der Waals surface area contributed by atoms with Gasteiger partial charge in [0.15, 0.2) is 0 Å². The highest BCUT2D eigenvalue weighted by Gasteiger charge is 2.25. The van der Waals surface area contributed by atoms with E-state index in [0.29, 0.717) is 9.39 Å². The first-order valence-corrected chi connectivity index (χ1v) is 6.91. The van der Waals surface area contributed by atoms with Gasteiger partial charge in [0.1, 0.15) is 9.39 Å². The molecule has 0 amide bonds. The molecule has 6 heteroatoms. The summed E-state index contributed by atoms with van der Waals surface area (Å²) >= 11 is 1.99. The number of nitrogens with zero attached hydrogens (tertiary/aromatic N) is 1. The standard InChI is InChI=1S/C11H16IN3O2/c12-9-10(13-6-14-11(9)17)15-8-4-2-1-3-7(8)5-16/h6-8,16H,1-5H2,(H2,13,14,15,17). The molecule has 2 unspecified atom stereocenters. The number of aliphatic hydroxyl groups excluding tert-OH is 1. The van der Waals surface area contributed by atoms with E-state index in [1.807, 2.05) is 22.6 Å². The minimum absolute atomic E-state index is 0.126. The second-order valence-corrected chi connectivity index (χ2v) is 5.45. The molecular weight excluding hydrogens is 333 g/mol. The number of hydrogen-bond donors (Lipinski definition) is 3. The van der Waals surface area contributed by atoms with Gasteiger partial charge in [0.25, 0.3) is 5.56 Å². The van der Waals surface area contributed by atoms with E-state index in [9.17, 15) is 9.90 Å². The van der Waals surface area contributed by atoms with Crippen molar-refractivity contribution in [2.24, 2.45) is 5.92 Å². The zero-order valence-electron chi connectivity index (χ0n) is 9.45. The van der Waals surface area contributed by atoms with E-state index in [1.54, 1.807) is 0 Å². The van der Waals surface area contributed by atoms with Crippen molar-refractivity contribution < 1.29 is 5.11 Å². The van der Waals surface area contributed by atoms with Gasteiger partial charge in [-0.05, 0) is 35.4 Å². The Balaban J connectivity index is 2.13. The molecule has 0 bridgehead atoms. The number of aromatic nitrogens is 2. The van der Waals surface area contributed by atoms with Gasteiger partial charge in [-0.3, -0.25) is 4.79 Å². The molecule has 1 heterocycles. The Morgan fingerprint density at radius 2 is 2.29 bits per heavy atom. The first kappa shape index (κ1) is 12.8. The van der Waals surface area contributed by atoms with Crippen molar-refractivity contribution in [3.8, 4) is 0 Å². The Kier molecular flexibility index (Phi) is 4.38. The van der Waals surface area contributed by atoms with Crippen LogP contribution in [-0.4, -0.2) is 27.7 Å². The minimum Gasteiger partial charge on any atom is -0.396 e. The molecule has 1 saturated carbocycles. The van der Waals surface area contributed by atoms with Crippen molar-refractivity contribution >= 4 is 28.4 Å². The molecule has 1 aromatic rings. The van der Waals surface area contributed by atoms with Gasteiger partial charge in [-0.25, -0.2) is 4.98 Å². The molecule has 0 aromatic carbocycles. The van der Waals surface area contributed by atoms with Gasteiger partial charge >= 0.3 is 0 Å². The number of hydrogen-bond acceptors (Lipinski definition) is 4. The minimum atomic E-state index is -0.126. The number of H-pyrrole nitrogens is 1. The van der Waals surface area contributed by atoms with Crippen LogP contribution in [0.1, 0.15) is 25.7 Å². The van der Waals surface area contributed by atoms with Gasteiger partial charge in [-0.15, -0.1) is 0 Å². The molecule has 1 fully saturated rings. The molecule has 1 aliphatic rings. The lowest BCUT2D eigenvalue weighted by molar-refractivity contribution is 0.178. The number of halogens is 1. The van der Waals surface area contributed by atoms with Crippen LogP contribution in [0.5, 0.6) is 0 Å². The largest absolute Gasteiger partial charge is 0.396 e. The van der Waals surface area contributed by atoms with E-state index in [4.69, 9.17) is 0 Å². The Morgan fingerprint density at radius 1 is 1.53 bits per heavy atom. The highest BCUT2D eigenvalue weighted by Crippen LogP contribution is 2.26. The van der Waals surface area contributed by atoms with Gasteiger partial charge < -0.3 is 15.4 Å². The fourth-order valence-corrected chi connectivity index (χ4v) is 2.73. The van der Waals surface area contributed by atoms with E-state index >= 15 is 0 Å². The summed E-state index contributed by atoms with van der Waals surface area (Å²) in [5.74, 6) is 0.889. The maximum atomic E-state index is 11.4. The fraction of sp³-hybridized carbons (Fsp3) is 0.636. The Bertz CT molecular complexity index is 435. The van der Waals surface area contributed by atoms with Gasteiger partial charge in [-0.1, -0.05) is 12.8 Å². The quantitative estimate of drug-likeness (QED) is 0.720. The summed E-state index contributed by atoms with van der Waals surface area (Å²) in [4.78, 5) is 18.1. The predicted octanol–water partition coefficient (Wildman–Crippen LogP) is 1.34. The second kappa shape index (κ2) is 5.81. The third-order valence-corrected chi connectivity index (χ3v) is 4.26. The molecule has 5 nitrogen and oxygen atoms in total. The molecule has 1 aliphatic carbocycles. The maximum Gasteiger partial charge on any atom is 0.266 e. The number of anilines is 1. The van der Waals surface area contributed by atoms with Gasteiger partial charge in [0.05, 0.1) is 6.33 Å². The molecule has 2 atom stereocenters. The Labute approximate surface area is 113 Å². The van der Waals surface area contributed by atoms with Crippen LogP contribution < -0.4 is 10.9 Å². The van der Waals surface area contributed by atoms with Crippen molar-refractivity contribution in [1.29, 1.82) is 0 Å². The van der Waals surface area contributed by atoms with Crippen LogP contribution in [0, 0.1) is 9.49 Å². The van der Waals surface area contributed by atoms with Crippen molar-refractivity contribution in [2.45, 2.75) is 31.7 Å². The third kappa shape index (κ3) is 2.98. The van der Waals surface area contributed by atoms with E-state index in [2.05, 4.69) is 15.3 Å². The lowest BCUT2D eigenvalue weighted by Gasteiger charge is -2.31.